The van der Waals surface area contributed by atoms with Gasteiger partial charge in [0.25, 0.3) is 0 Å². The van der Waals surface area contributed by atoms with Crippen LogP contribution in [0.2, 0.25) is 0 Å². The van der Waals surface area contributed by atoms with E-state index in [1.54, 1.807) is 6.26 Å². The SMILES string of the molecule is CC1CC(C)CC(C(NN)c2ccco2)C1. The van der Waals surface area contributed by atoms with Crippen molar-refractivity contribution in [2.24, 2.45) is 23.6 Å². The van der Waals surface area contributed by atoms with Crippen LogP contribution in [-0.2, 0) is 0 Å². The van der Waals surface area contributed by atoms with E-state index in [0.29, 0.717) is 5.92 Å². The van der Waals surface area contributed by atoms with Crippen molar-refractivity contribution in [2.45, 2.75) is 39.2 Å². The predicted octanol–water partition coefficient (Wildman–Crippen LogP) is 2.86. The van der Waals surface area contributed by atoms with E-state index in [1.807, 2.05) is 12.1 Å². The molecule has 1 aromatic rings. The van der Waals surface area contributed by atoms with E-state index in [9.17, 15) is 0 Å². The summed E-state index contributed by atoms with van der Waals surface area (Å²) in [6.45, 7) is 4.66. The number of rotatable bonds is 3. The standard InChI is InChI=1S/C13H22N2O/c1-9-6-10(2)8-11(7-9)13(15-14)12-4-3-5-16-12/h3-5,9-11,13,15H,6-8,14H2,1-2H3. The number of furan rings is 1. The Bertz CT molecular complexity index is 300. The second-order valence-corrected chi connectivity index (χ2v) is 5.34. The number of hydrogen-bond donors (Lipinski definition) is 2. The molecule has 2 rings (SSSR count). The van der Waals surface area contributed by atoms with Crippen molar-refractivity contribution in [2.75, 3.05) is 0 Å². The Kier molecular flexibility index (Phi) is 3.66. The monoisotopic (exact) mass is 222 g/mol. The normalized spacial score (nSPS) is 32.6. The largest absolute Gasteiger partial charge is 0.468 e. The number of nitrogens with two attached hydrogens (primary N) is 1. The third-order valence-electron chi connectivity index (χ3n) is 3.72. The first-order chi connectivity index (χ1) is 7.70. The van der Waals surface area contributed by atoms with Crippen LogP contribution >= 0.6 is 0 Å². The maximum Gasteiger partial charge on any atom is 0.122 e. The summed E-state index contributed by atoms with van der Waals surface area (Å²) in [7, 11) is 0. The minimum atomic E-state index is 0.167. The zero-order valence-corrected chi connectivity index (χ0v) is 10.1. The fourth-order valence-electron chi connectivity index (χ4n) is 3.20. The molecule has 3 unspecified atom stereocenters. The molecule has 0 aromatic carbocycles. The van der Waals surface area contributed by atoms with Gasteiger partial charge in [0.1, 0.15) is 5.76 Å². The lowest BCUT2D eigenvalue weighted by Crippen LogP contribution is -2.36. The molecule has 3 N–H and O–H groups in total. The van der Waals surface area contributed by atoms with Crippen LogP contribution in [0.3, 0.4) is 0 Å². The van der Waals surface area contributed by atoms with Crippen molar-refractivity contribution in [3.8, 4) is 0 Å². The Balaban J connectivity index is 2.09. The molecule has 0 radical (unpaired) electrons. The molecule has 1 saturated carbocycles. The van der Waals surface area contributed by atoms with Crippen LogP contribution < -0.4 is 11.3 Å². The summed E-state index contributed by atoms with van der Waals surface area (Å²) in [5.41, 5.74) is 2.92. The van der Waals surface area contributed by atoms with Crippen LogP contribution in [0.5, 0.6) is 0 Å². The minimum absolute atomic E-state index is 0.167. The average molecular weight is 222 g/mol. The lowest BCUT2D eigenvalue weighted by Gasteiger charge is -2.35. The molecule has 90 valence electrons. The van der Waals surface area contributed by atoms with E-state index in [2.05, 4.69) is 19.3 Å². The Morgan fingerprint density at radius 1 is 1.31 bits per heavy atom. The molecule has 0 spiro atoms. The molecule has 0 amide bonds. The Labute approximate surface area is 97.4 Å². The second kappa shape index (κ2) is 5.02. The summed E-state index contributed by atoms with van der Waals surface area (Å²) in [5.74, 6) is 8.82. The van der Waals surface area contributed by atoms with Crippen LogP contribution in [-0.4, -0.2) is 0 Å². The Morgan fingerprint density at radius 2 is 2.00 bits per heavy atom. The first-order valence-electron chi connectivity index (χ1n) is 6.20. The van der Waals surface area contributed by atoms with Gasteiger partial charge in [-0.1, -0.05) is 13.8 Å². The van der Waals surface area contributed by atoms with E-state index >= 15 is 0 Å². The van der Waals surface area contributed by atoms with Crippen LogP contribution in [0.1, 0.15) is 44.9 Å². The van der Waals surface area contributed by atoms with Crippen LogP contribution in [0.15, 0.2) is 22.8 Å². The van der Waals surface area contributed by atoms with E-state index in [1.165, 1.54) is 19.3 Å². The quantitative estimate of drug-likeness (QED) is 0.610. The fourth-order valence-corrected chi connectivity index (χ4v) is 3.20. The summed E-state index contributed by atoms with van der Waals surface area (Å²) < 4.78 is 5.47. The smallest absolute Gasteiger partial charge is 0.122 e. The van der Waals surface area contributed by atoms with Gasteiger partial charge in [0.15, 0.2) is 0 Å². The van der Waals surface area contributed by atoms with E-state index in [-0.39, 0.29) is 6.04 Å². The third kappa shape index (κ3) is 2.47. The van der Waals surface area contributed by atoms with Crippen molar-refractivity contribution in [1.82, 2.24) is 5.43 Å². The van der Waals surface area contributed by atoms with Gasteiger partial charge < -0.3 is 4.42 Å². The molecule has 3 atom stereocenters. The van der Waals surface area contributed by atoms with E-state index in [0.717, 1.165) is 17.6 Å². The van der Waals surface area contributed by atoms with Gasteiger partial charge in [-0.2, -0.15) is 0 Å². The maximum absolute atomic E-state index is 5.68. The minimum Gasteiger partial charge on any atom is -0.468 e. The van der Waals surface area contributed by atoms with Gasteiger partial charge >= 0.3 is 0 Å². The molecule has 3 heteroatoms. The third-order valence-corrected chi connectivity index (χ3v) is 3.72. The van der Waals surface area contributed by atoms with Gasteiger partial charge in [0.2, 0.25) is 0 Å². The zero-order chi connectivity index (χ0) is 11.5. The first-order valence-corrected chi connectivity index (χ1v) is 6.20. The lowest BCUT2D eigenvalue weighted by atomic mass is 9.73. The molecule has 1 aliphatic rings. The molecule has 1 aliphatic carbocycles. The highest BCUT2D eigenvalue weighted by Crippen LogP contribution is 2.39. The van der Waals surface area contributed by atoms with Gasteiger partial charge in [-0.05, 0) is 49.1 Å². The number of hydrogen-bond acceptors (Lipinski definition) is 3. The summed E-state index contributed by atoms with van der Waals surface area (Å²) in [5, 5.41) is 0. The van der Waals surface area contributed by atoms with Crippen molar-refractivity contribution >= 4 is 0 Å². The lowest BCUT2D eigenvalue weighted by molar-refractivity contribution is 0.165. The van der Waals surface area contributed by atoms with Gasteiger partial charge in [0.05, 0.1) is 12.3 Å². The predicted molar refractivity (Wildman–Crippen MR) is 64.4 cm³/mol. The highest BCUT2D eigenvalue weighted by atomic mass is 16.3. The number of nitrogens with one attached hydrogen (secondary N) is 1. The van der Waals surface area contributed by atoms with Gasteiger partial charge in [-0.15, -0.1) is 0 Å². The molecule has 16 heavy (non-hydrogen) atoms. The first kappa shape index (κ1) is 11.7. The van der Waals surface area contributed by atoms with Crippen molar-refractivity contribution < 1.29 is 4.42 Å². The van der Waals surface area contributed by atoms with Crippen molar-refractivity contribution in [3.05, 3.63) is 24.2 Å². The summed E-state index contributed by atoms with van der Waals surface area (Å²) >= 11 is 0. The van der Waals surface area contributed by atoms with Crippen LogP contribution in [0, 0.1) is 17.8 Å². The maximum atomic E-state index is 5.68. The molecule has 0 bridgehead atoms. The summed E-state index contributed by atoms with van der Waals surface area (Å²) in [4.78, 5) is 0. The Hall–Kier alpha value is -0.800. The molecular formula is C13H22N2O. The summed E-state index contributed by atoms with van der Waals surface area (Å²) in [6.07, 6.45) is 5.53. The van der Waals surface area contributed by atoms with Gasteiger partial charge in [-0.3, -0.25) is 5.84 Å². The van der Waals surface area contributed by atoms with Crippen molar-refractivity contribution in [3.63, 3.8) is 0 Å². The molecule has 1 fully saturated rings. The van der Waals surface area contributed by atoms with Gasteiger partial charge in [0, 0.05) is 0 Å². The fraction of sp³-hybridized carbons (Fsp3) is 0.692. The topological polar surface area (TPSA) is 51.2 Å². The van der Waals surface area contributed by atoms with Crippen molar-refractivity contribution in [1.29, 1.82) is 0 Å². The van der Waals surface area contributed by atoms with Gasteiger partial charge in [-0.25, -0.2) is 5.43 Å². The Morgan fingerprint density at radius 3 is 2.50 bits per heavy atom. The average Bonchev–Trinajstić information content (AvgIpc) is 2.70. The molecular weight excluding hydrogens is 200 g/mol. The molecule has 1 aromatic heterocycles. The second-order valence-electron chi connectivity index (χ2n) is 5.34. The van der Waals surface area contributed by atoms with Crippen LogP contribution in [0.4, 0.5) is 0 Å². The van der Waals surface area contributed by atoms with E-state index < -0.39 is 0 Å². The molecule has 0 saturated heterocycles. The number of hydrazine groups is 1. The molecule has 1 heterocycles. The molecule has 3 nitrogen and oxygen atoms in total. The highest BCUT2D eigenvalue weighted by Gasteiger charge is 2.31. The molecule has 0 aliphatic heterocycles. The van der Waals surface area contributed by atoms with E-state index in [4.69, 9.17) is 10.3 Å². The zero-order valence-electron chi connectivity index (χ0n) is 10.1. The highest BCUT2D eigenvalue weighted by molar-refractivity contribution is 5.06. The summed E-state index contributed by atoms with van der Waals surface area (Å²) in [6, 6.07) is 4.10. The van der Waals surface area contributed by atoms with Crippen LogP contribution in [0.25, 0.3) is 0 Å².